The lowest BCUT2D eigenvalue weighted by Gasteiger charge is -2.13. The molecule has 0 saturated heterocycles. The molecule has 1 unspecified atom stereocenters. The predicted molar refractivity (Wildman–Crippen MR) is 50.1 cm³/mol. The highest BCUT2D eigenvalue weighted by Crippen LogP contribution is 2.10. The fourth-order valence-corrected chi connectivity index (χ4v) is 1.35. The molecule has 1 aromatic rings. The van der Waals surface area contributed by atoms with Crippen LogP contribution in [0.3, 0.4) is 0 Å². The molecule has 0 spiro atoms. The van der Waals surface area contributed by atoms with Crippen LogP contribution in [0.25, 0.3) is 0 Å². The summed E-state index contributed by atoms with van der Waals surface area (Å²) in [5, 5.41) is 6.95. The number of aryl methyl sites for hydroxylation is 1. The summed E-state index contributed by atoms with van der Waals surface area (Å²) in [6, 6.07) is 1.95. The predicted octanol–water partition coefficient (Wildman–Crippen LogP) is 1.10. The van der Waals surface area contributed by atoms with E-state index >= 15 is 0 Å². The average Bonchev–Trinajstić information content (AvgIpc) is 2.49. The smallest absolute Gasteiger partial charge is 0.217 e. The van der Waals surface area contributed by atoms with Gasteiger partial charge in [0.25, 0.3) is 0 Å². The summed E-state index contributed by atoms with van der Waals surface area (Å²) in [4.78, 5) is 10.8. The highest BCUT2D eigenvalue weighted by molar-refractivity contribution is 5.73. The zero-order valence-electron chi connectivity index (χ0n) is 8.24. The van der Waals surface area contributed by atoms with E-state index in [1.165, 1.54) is 6.92 Å². The topological polar surface area (TPSA) is 46.9 Å². The lowest BCUT2D eigenvalue weighted by atomic mass is 10.2. The van der Waals surface area contributed by atoms with Crippen LogP contribution in [0.1, 0.15) is 32.5 Å². The summed E-state index contributed by atoms with van der Waals surface area (Å²) in [5.41, 5.74) is 1.04. The van der Waals surface area contributed by atoms with E-state index in [1.807, 2.05) is 24.6 Å². The fourth-order valence-electron chi connectivity index (χ4n) is 1.35. The summed E-state index contributed by atoms with van der Waals surface area (Å²) in [7, 11) is 0. The van der Waals surface area contributed by atoms with Gasteiger partial charge in [-0.3, -0.25) is 9.48 Å². The number of aromatic nitrogens is 2. The zero-order valence-corrected chi connectivity index (χ0v) is 8.24. The molecule has 0 bridgehead atoms. The molecule has 0 fully saturated rings. The Labute approximate surface area is 77.9 Å². The zero-order chi connectivity index (χ0) is 9.84. The first-order chi connectivity index (χ1) is 6.15. The van der Waals surface area contributed by atoms with Crippen molar-refractivity contribution >= 4 is 5.91 Å². The highest BCUT2D eigenvalue weighted by atomic mass is 16.1. The van der Waals surface area contributed by atoms with E-state index in [0.717, 1.165) is 12.2 Å². The van der Waals surface area contributed by atoms with E-state index in [2.05, 4.69) is 10.4 Å². The first-order valence-electron chi connectivity index (χ1n) is 4.44. The molecule has 0 aromatic carbocycles. The van der Waals surface area contributed by atoms with E-state index < -0.39 is 0 Å². The van der Waals surface area contributed by atoms with Crippen LogP contribution in [-0.2, 0) is 11.3 Å². The number of amides is 1. The molecule has 0 aliphatic carbocycles. The van der Waals surface area contributed by atoms with Crippen LogP contribution >= 0.6 is 0 Å². The fraction of sp³-hybridized carbons (Fsp3) is 0.556. The van der Waals surface area contributed by atoms with Gasteiger partial charge in [0.2, 0.25) is 5.91 Å². The first-order valence-corrected chi connectivity index (χ1v) is 4.44. The van der Waals surface area contributed by atoms with Gasteiger partial charge in [0.05, 0.1) is 11.7 Å². The lowest BCUT2D eigenvalue weighted by molar-refractivity contribution is -0.119. The Morgan fingerprint density at radius 1 is 1.77 bits per heavy atom. The summed E-state index contributed by atoms with van der Waals surface area (Å²) >= 11 is 0. The monoisotopic (exact) mass is 181 g/mol. The van der Waals surface area contributed by atoms with Crippen molar-refractivity contribution in [3.8, 4) is 0 Å². The summed E-state index contributed by atoms with van der Waals surface area (Å²) in [6.45, 7) is 6.32. The minimum absolute atomic E-state index is 0.0173. The third-order valence-electron chi connectivity index (χ3n) is 1.91. The summed E-state index contributed by atoms with van der Waals surface area (Å²) in [6.07, 6.45) is 1.75. The molecular weight excluding hydrogens is 166 g/mol. The minimum Gasteiger partial charge on any atom is -0.348 e. The van der Waals surface area contributed by atoms with Gasteiger partial charge in [-0.25, -0.2) is 0 Å². The molecule has 4 nitrogen and oxygen atoms in total. The number of carbonyl (C=O) groups excluding carboxylic acids is 1. The average molecular weight is 181 g/mol. The van der Waals surface area contributed by atoms with Crippen LogP contribution in [-0.4, -0.2) is 15.7 Å². The van der Waals surface area contributed by atoms with Crippen molar-refractivity contribution in [3.63, 3.8) is 0 Å². The van der Waals surface area contributed by atoms with Gasteiger partial charge in [-0.05, 0) is 19.9 Å². The third-order valence-corrected chi connectivity index (χ3v) is 1.91. The molecule has 0 saturated carbocycles. The van der Waals surface area contributed by atoms with Gasteiger partial charge in [-0.1, -0.05) is 0 Å². The maximum atomic E-state index is 10.8. The van der Waals surface area contributed by atoms with Gasteiger partial charge in [0.1, 0.15) is 0 Å². The number of carbonyl (C=O) groups is 1. The molecule has 72 valence electrons. The van der Waals surface area contributed by atoms with Crippen molar-refractivity contribution in [1.82, 2.24) is 15.1 Å². The van der Waals surface area contributed by atoms with Gasteiger partial charge in [-0.15, -0.1) is 0 Å². The van der Waals surface area contributed by atoms with Crippen LogP contribution < -0.4 is 5.32 Å². The minimum atomic E-state index is -0.0173. The standard InChI is InChI=1S/C9H15N3O/c1-4-12-9(5-6-10-12)7(2)11-8(3)13/h5-7H,4H2,1-3H3,(H,11,13). The second-order valence-electron chi connectivity index (χ2n) is 2.99. The number of nitrogens with one attached hydrogen (secondary N) is 1. The van der Waals surface area contributed by atoms with Gasteiger partial charge in [0.15, 0.2) is 0 Å². The van der Waals surface area contributed by atoms with E-state index in [0.29, 0.717) is 0 Å². The summed E-state index contributed by atoms with van der Waals surface area (Å²) < 4.78 is 1.88. The molecule has 1 aromatic heterocycles. The van der Waals surface area contributed by atoms with E-state index in [-0.39, 0.29) is 11.9 Å². The lowest BCUT2D eigenvalue weighted by Crippen LogP contribution is -2.25. The van der Waals surface area contributed by atoms with Crippen LogP contribution in [0.2, 0.25) is 0 Å². The normalized spacial score (nSPS) is 12.5. The molecule has 0 aliphatic rings. The Balaban J connectivity index is 2.75. The van der Waals surface area contributed by atoms with Gasteiger partial charge >= 0.3 is 0 Å². The number of hydrogen-bond acceptors (Lipinski definition) is 2. The molecule has 13 heavy (non-hydrogen) atoms. The largest absolute Gasteiger partial charge is 0.348 e. The number of rotatable bonds is 3. The van der Waals surface area contributed by atoms with Crippen molar-refractivity contribution in [2.75, 3.05) is 0 Å². The third kappa shape index (κ3) is 2.31. The molecule has 1 heterocycles. The van der Waals surface area contributed by atoms with Crippen molar-refractivity contribution < 1.29 is 4.79 Å². The van der Waals surface area contributed by atoms with E-state index in [1.54, 1.807) is 6.20 Å². The van der Waals surface area contributed by atoms with Crippen molar-refractivity contribution in [2.24, 2.45) is 0 Å². The molecule has 0 aliphatic heterocycles. The maximum absolute atomic E-state index is 10.8. The van der Waals surface area contributed by atoms with Crippen molar-refractivity contribution in [3.05, 3.63) is 18.0 Å². The first kappa shape index (κ1) is 9.77. The molecule has 4 heteroatoms. The Hall–Kier alpha value is -1.32. The van der Waals surface area contributed by atoms with Crippen molar-refractivity contribution in [1.29, 1.82) is 0 Å². The molecule has 1 N–H and O–H groups in total. The Morgan fingerprint density at radius 3 is 3.00 bits per heavy atom. The number of hydrogen-bond donors (Lipinski definition) is 1. The van der Waals surface area contributed by atoms with E-state index in [9.17, 15) is 4.79 Å². The quantitative estimate of drug-likeness (QED) is 0.759. The van der Waals surface area contributed by atoms with Crippen LogP contribution in [0.5, 0.6) is 0 Å². The Bertz CT molecular complexity index is 293. The maximum Gasteiger partial charge on any atom is 0.217 e. The van der Waals surface area contributed by atoms with Gasteiger partial charge < -0.3 is 5.32 Å². The molecule has 1 amide bonds. The molecule has 1 atom stereocenters. The molecular formula is C9H15N3O. The van der Waals surface area contributed by atoms with E-state index in [4.69, 9.17) is 0 Å². The Morgan fingerprint density at radius 2 is 2.46 bits per heavy atom. The SMILES string of the molecule is CCn1nccc1C(C)NC(C)=O. The highest BCUT2D eigenvalue weighted by Gasteiger charge is 2.10. The second kappa shape index (κ2) is 4.07. The van der Waals surface area contributed by atoms with Crippen LogP contribution in [0.4, 0.5) is 0 Å². The molecule has 1 rings (SSSR count). The van der Waals surface area contributed by atoms with Crippen LogP contribution in [0, 0.1) is 0 Å². The van der Waals surface area contributed by atoms with Crippen LogP contribution in [0.15, 0.2) is 12.3 Å². The number of nitrogens with zero attached hydrogens (tertiary/aromatic N) is 2. The van der Waals surface area contributed by atoms with Gasteiger partial charge in [-0.2, -0.15) is 5.10 Å². The van der Waals surface area contributed by atoms with Gasteiger partial charge in [0, 0.05) is 19.7 Å². The second-order valence-corrected chi connectivity index (χ2v) is 2.99. The summed E-state index contributed by atoms with van der Waals surface area (Å²) in [5.74, 6) is -0.0173. The molecule has 0 radical (unpaired) electrons. The Kier molecular flexibility index (Phi) is 3.06. The van der Waals surface area contributed by atoms with Crippen molar-refractivity contribution in [2.45, 2.75) is 33.4 Å².